The van der Waals surface area contributed by atoms with Crippen molar-refractivity contribution in [3.05, 3.63) is 53.5 Å². The summed E-state index contributed by atoms with van der Waals surface area (Å²) in [6.45, 7) is 6.49. The van der Waals surface area contributed by atoms with Gasteiger partial charge >= 0.3 is 0 Å². The highest BCUT2D eigenvalue weighted by Gasteiger charge is 2.03. The summed E-state index contributed by atoms with van der Waals surface area (Å²) in [5.74, 6) is 1.81. The van der Waals surface area contributed by atoms with E-state index < -0.39 is 0 Å². The number of hydrogen-bond donors (Lipinski definition) is 2. The molecule has 0 radical (unpaired) electrons. The van der Waals surface area contributed by atoms with E-state index in [2.05, 4.69) is 66.7 Å². The molecule has 0 fully saturated rings. The van der Waals surface area contributed by atoms with Gasteiger partial charge in [-0.2, -0.15) is 0 Å². The van der Waals surface area contributed by atoms with Gasteiger partial charge in [-0.1, -0.05) is 6.07 Å². The van der Waals surface area contributed by atoms with Crippen LogP contribution in [0.5, 0.6) is 0 Å². The standard InChI is InChI=1S/C19H28N4O.HI/c1-5-20-19(21-11-10-18-7-6-12-24-18)22-14-16-8-9-17(23(3)4)13-15(16)2;/h6-9,12-13H,5,10-11,14H2,1-4H3,(H2,20,21,22);1H. The number of benzene rings is 1. The van der Waals surface area contributed by atoms with E-state index in [1.54, 1.807) is 6.26 Å². The number of aryl methyl sites for hydroxylation is 1. The fourth-order valence-electron chi connectivity index (χ4n) is 2.40. The van der Waals surface area contributed by atoms with Gasteiger partial charge in [-0.25, -0.2) is 4.99 Å². The first-order chi connectivity index (χ1) is 11.6. The number of nitrogens with one attached hydrogen (secondary N) is 2. The highest BCUT2D eigenvalue weighted by molar-refractivity contribution is 14.0. The molecule has 0 aliphatic carbocycles. The van der Waals surface area contributed by atoms with E-state index in [0.29, 0.717) is 6.54 Å². The zero-order valence-corrected chi connectivity index (χ0v) is 17.8. The first kappa shape index (κ1) is 21.3. The second-order valence-corrected chi connectivity index (χ2v) is 5.96. The fourth-order valence-corrected chi connectivity index (χ4v) is 2.40. The quantitative estimate of drug-likeness (QED) is 0.380. The van der Waals surface area contributed by atoms with Crippen LogP contribution in [0.25, 0.3) is 0 Å². The molecule has 6 heteroatoms. The predicted molar refractivity (Wildman–Crippen MR) is 116 cm³/mol. The minimum atomic E-state index is 0. The van der Waals surface area contributed by atoms with Crippen LogP contribution in [0, 0.1) is 6.92 Å². The molecule has 1 aromatic heterocycles. The van der Waals surface area contributed by atoms with Gasteiger partial charge in [-0.3, -0.25) is 0 Å². The van der Waals surface area contributed by atoms with Crippen LogP contribution in [-0.2, 0) is 13.0 Å². The first-order valence-electron chi connectivity index (χ1n) is 8.41. The topological polar surface area (TPSA) is 52.8 Å². The molecule has 0 aliphatic heterocycles. The molecule has 0 aliphatic rings. The van der Waals surface area contributed by atoms with Crippen molar-refractivity contribution in [3.63, 3.8) is 0 Å². The molecule has 0 spiro atoms. The largest absolute Gasteiger partial charge is 0.469 e. The molecular weight excluding hydrogens is 427 g/mol. The molecule has 0 bridgehead atoms. The molecule has 138 valence electrons. The number of guanidine groups is 1. The van der Waals surface area contributed by atoms with E-state index in [0.717, 1.165) is 31.2 Å². The minimum absolute atomic E-state index is 0. The van der Waals surface area contributed by atoms with Gasteiger partial charge in [0.15, 0.2) is 5.96 Å². The maximum atomic E-state index is 5.35. The van der Waals surface area contributed by atoms with Crippen LogP contribution in [0.3, 0.4) is 0 Å². The van der Waals surface area contributed by atoms with E-state index in [9.17, 15) is 0 Å². The van der Waals surface area contributed by atoms with Crippen molar-refractivity contribution in [2.24, 2.45) is 4.99 Å². The Morgan fingerprint density at radius 1 is 1.20 bits per heavy atom. The van der Waals surface area contributed by atoms with Crippen LogP contribution in [0.4, 0.5) is 5.69 Å². The van der Waals surface area contributed by atoms with Gasteiger partial charge in [0, 0.05) is 39.3 Å². The number of hydrogen-bond acceptors (Lipinski definition) is 3. The molecule has 5 nitrogen and oxygen atoms in total. The summed E-state index contributed by atoms with van der Waals surface area (Å²) in [5.41, 5.74) is 3.71. The Bertz CT molecular complexity index is 653. The lowest BCUT2D eigenvalue weighted by Crippen LogP contribution is -2.38. The van der Waals surface area contributed by atoms with Gasteiger partial charge in [-0.15, -0.1) is 24.0 Å². The summed E-state index contributed by atoms with van der Waals surface area (Å²) < 4.78 is 5.35. The molecule has 0 saturated carbocycles. The maximum absolute atomic E-state index is 5.35. The maximum Gasteiger partial charge on any atom is 0.191 e. The Hall–Kier alpha value is -1.70. The van der Waals surface area contributed by atoms with E-state index in [1.807, 2.05) is 12.1 Å². The molecule has 2 aromatic rings. The lowest BCUT2D eigenvalue weighted by molar-refractivity contribution is 0.507. The van der Waals surface area contributed by atoms with Gasteiger partial charge in [0.05, 0.1) is 12.8 Å². The lowest BCUT2D eigenvalue weighted by Gasteiger charge is -2.15. The lowest BCUT2D eigenvalue weighted by atomic mass is 10.1. The molecule has 0 unspecified atom stereocenters. The van der Waals surface area contributed by atoms with Crippen LogP contribution in [-0.4, -0.2) is 33.1 Å². The van der Waals surface area contributed by atoms with Crippen molar-refractivity contribution in [1.29, 1.82) is 0 Å². The second-order valence-electron chi connectivity index (χ2n) is 5.96. The van der Waals surface area contributed by atoms with Crippen molar-refractivity contribution in [2.75, 3.05) is 32.1 Å². The summed E-state index contributed by atoms with van der Waals surface area (Å²) in [6, 6.07) is 10.4. The zero-order valence-electron chi connectivity index (χ0n) is 15.5. The van der Waals surface area contributed by atoms with Gasteiger partial charge in [0.2, 0.25) is 0 Å². The monoisotopic (exact) mass is 456 g/mol. The zero-order chi connectivity index (χ0) is 17.4. The first-order valence-corrected chi connectivity index (χ1v) is 8.41. The predicted octanol–water partition coefficient (Wildman–Crippen LogP) is 3.57. The Labute approximate surface area is 167 Å². The van der Waals surface area contributed by atoms with Gasteiger partial charge in [-0.05, 0) is 49.2 Å². The molecule has 1 aromatic carbocycles. The number of aliphatic imine (C=N–C) groups is 1. The Kier molecular flexibility index (Phi) is 9.41. The molecular formula is C19H29IN4O. The van der Waals surface area contributed by atoms with Crippen LogP contribution >= 0.6 is 24.0 Å². The SMILES string of the molecule is CCNC(=NCc1ccc(N(C)C)cc1C)NCCc1ccco1.I. The molecule has 25 heavy (non-hydrogen) atoms. The Balaban J connectivity index is 0.00000312. The highest BCUT2D eigenvalue weighted by Crippen LogP contribution is 2.17. The van der Waals surface area contributed by atoms with Gasteiger partial charge < -0.3 is 20.0 Å². The van der Waals surface area contributed by atoms with Crippen LogP contribution in [0.15, 0.2) is 46.0 Å². The Morgan fingerprint density at radius 2 is 2.00 bits per heavy atom. The Morgan fingerprint density at radius 3 is 2.60 bits per heavy atom. The molecule has 0 saturated heterocycles. The van der Waals surface area contributed by atoms with Crippen molar-refractivity contribution in [3.8, 4) is 0 Å². The summed E-state index contributed by atoms with van der Waals surface area (Å²) in [7, 11) is 4.11. The highest BCUT2D eigenvalue weighted by atomic mass is 127. The summed E-state index contributed by atoms with van der Waals surface area (Å²) in [5, 5.41) is 6.63. The summed E-state index contributed by atoms with van der Waals surface area (Å²) in [6.07, 6.45) is 2.54. The average molecular weight is 456 g/mol. The summed E-state index contributed by atoms with van der Waals surface area (Å²) >= 11 is 0. The number of anilines is 1. The molecule has 2 N–H and O–H groups in total. The van der Waals surface area contributed by atoms with Crippen molar-refractivity contribution in [2.45, 2.75) is 26.8 Å². The van der Waals surface area contributed by atoms with E-state index in [4.69, 9.17) is 4.42 Å². The van der Waals surface area contributed by atoms with Gasteiger partial charge in [0.1, 0.15) is 5.76 Å². The number of nitrogens with zero attached hydrogens (tertiary/aromatic N) is 2. The van der Waals surface area contributed by atoms with Crippen molar-refractivity contribution in [1.82, 2.24) is 10.6 Å². The van der Waals surface area contributed by atoms with E-state index in [-0.39, 0.29) is 24.0 Å². The smallest absolute Gasteiger partial charge is 0.191 e. The number of rotatable bonds is 7. The second kappa shape index (κ2) is 11.0. The average Bonchev–Trinajstić information content (AvgIpc) is 3.06. The van der Waals surface area contributed by atoms with E-state index in [1.165, 1.54) is 16.8 Å². The molecule has 0 amide bonds. The van der Waals surface area contributed by atoms with E-state index >= 15 is 0 Å². The molecule has 2 rings (SSSR count). The van der Waals surface area contributed by atoms with Crippen LogP contribution in [0.1, 0.15) is 23.8 Å². The van der Waals surface area contributed by atoms with Crippen molar-refractivity contribution >= 4 is 35.6 Å². The number of halogens is 1. The third-order valence-corrected chi connectivity index (χ3v) is 3.84. The molecule has 0 atom stereocenters. The number of furan rings is 1. The van der Waals surface area contributed by atoms with Crippen molar-refractivity contribution < 1.29 is 4.42 Å². The van der Waals surface area contributed by atoms with Crippen LogP contribution < -0.4 is 15.5 Å². The van der Waals surface area contributed by atoms with Gasteiger partial charge in [0.25, 0.3) is 0 Å². The molecule has 1 heterocycles. The third kappa shape index (κ3) is 6.97. The van der Waals surface area contributed by atoms with Crippen LogP contribution in [0.2, 0.25) is 0 Å². The fraction of sp³-hybridized carbons (Fsp3) is 0.421. The third-order valence-electron chi connectivity index (χ3n) is 3.84. The summed E-state index contributed by atoms with van der Waals surface area (Å²) in [4.78, 5) is 6.80. The normalized spacial score (nSPS) is 11.0. The minimum Gasteiger partial charge on any atom is -0.469 e.